The lowest BCUT2D eigenvalue weighted by Gasteiger charge is -2.22. The van der Waals surface area contributed by atoms with Crippen LogP contribution in [-0.4, -0.2) is 12.6 Å². The van der Waals surface area contributed by atoms with Gasteiger partial charge in [0.2, 0.25) is 0 Å². The van der Waals surface area contributed by atoms with Gasteiger partial charge in [0.1, 0.15) is 0 Å². The van der Waals surface area contributed by atoms with Gasteiger partial charge in [-0.2, -0.15) is 0 Å². The first kappa shape index (κ1) is 15.0. The maximum atomic E-state index is 6.03. The molecule has 0 bridgehead atoms. The second kappa shape index (κ2) is 8.03. The van der Waals surface area contributed by atoms with Crippen molar-refractivity contribution in [1.82, 2.24) is 5.32 Å². The molecule has 0 aliphatic heterocycles. The van der Waals surface area contributed by atoms with Crippen molar-refractivity contribution in [2.45, 2.75) is 58.3 Å². The molecule has 106 valence electrons. The largest absolute Gasteiger partial charge is 0.374 e. The van der Waals surface area contributed by atoms with Crippen molar-refractivity contribution in [3.63, 3.8) is 0 Å². The molecule has 0 aromatic heterocycles. The Morgan fingerprint density at radius 1 is 1.26 bits per heavy atom. The number of nitrogens with one attached hydrogen (secondary N) is 1. The molecular formula is C16H24BrNO. The zero-order valence-electron chi connectivity index (χ0n) is 11.8. The van der Waals surface area contributed by atoms with E-state index >= 15 is 0 Å². The highest BCUT2D eigenvalue weighted by atomic mass is 79.9. The third-order valence-corrected chi connectivity index (χ3v) is 4.46. The van der Waals surface area contributed by atoms with Gasteiger partial charge < -0.3 is 10.1 Å². The first-order valence-electron chi connectivity index (χ1n) is 7.39. The van der Waals surface area contributed by atoms with E-state index in [1.165, 1.54) is 47.7 Å². The Labute approximate surface area is 125 Å². The van der Waals surface area contributed by atoms with Gasteiger partial charge in [-0.3, -0.25) is 0 Å². The van der Waals surface area contributed by atoms with Crippen LogP contribution in [0.2, 0.25) is 0 Å². The summed E-state index contributed by atoms with van der Waals surface area (Å²) in [6.45, 7) is 4.79. The summed E-state index contributed by atoms with van der Waals surface area (Å²) in [6, 6.07) is 6.56. The number of halogens is 1. The molecule has 1 fully saturated rings. The van der Waals surface area contributed by atoms with Crippen molar-refractivity contribution in [2.75, 3.05) is 6.54 Å². The molecule has 0 spiro atoms. The fraction of sp³-hybridized carbons (Fsp3) is 0.625. The predicted molar refractivity (Wildman–Crippen MR) is 83.2 cm³/mol. The summed E-state index contributed by atoms with van der Waals surface area (Å²) in [6.07, 6.45) is 6.97. The van der Waals surface area contributed by atoms with E-state index in [1.807, 2.05) is 0 Å². The lowest BCUT2D eigenvalue weighted by molar-refractivity contribution is 0.0166. The minimum atomic E-state index is 0.474. The van der Waals surface area contributed by atoms with Gasteiger partial charge >= 0.3 is 0 Å². The number of hydrogen-bond donors (Lipinski definition) is 1. The normalized spacial score (nSPS) is 16.7. The van der Waals surface area contributed by atoms with E-state index in [1.54, 1.807) is 0 Å². The maximum absolute atomic E-state index is 6.03. The highest BCUT2D eigenvalue weighted by Crippen LogP contribution is 2.24. The average Bonchev–Trinajstić information content (AvgIpc) is 2.45. The van der Waals surface area contributed by atoms with Gasteiger partial charge in [0.05, 0.1) is 12.7 Å². The van der Waals surface area contributed by atoms with Crippen LogP contribution in [0.5, 0.6) is 0 Å². The monoisotopic (exact) mass is 325 g/mol. The van der Waals surface area contributed by atoms with Crippen LogP contribution < -0.4 is 5.32 Å². The van der Waals surface area contributed by atoms with Crippen LogP contribution in [0.1, 0.15) is 50.2 Å². The quantitative estimate of drug-likeness (QED) is 0.836. The minimum absolute atomic E-state index is 0.474. The highest BCUT2D eigenvalue weighted by molar-refractivity contribution is 9.10. The Morgan fingerprint density at radius 2 is 2.05 bits per heavy atom. The Hall–Kier alpha value is -0.380. The molecule has 1 saturated carbocycles. The highest BCUT2D eigenvalue weighted by Gasteiger charge is 2.14. The first-order chi connectivity index (χ1) is 9.29. The summed E-state index contributed by atoms with van der Waals surface area (Å²) in [4.78, 5) is 0. The van der Waals surface area contributed by atoms with E-state index in [-0.39, 0.29) is 0 Å². The number of benzene rings is 1. The minimum Gasteiger partial charge on any atom is -0.374 e. The molecule has 1 aliphatic rings. The smallest absolute Gasteiger partial charge is 0.0731 e. The first-order valence-corrected chi connectivity index (χ1v) is 8.18. The second-order valence-electron chi connectivity index (χ2n) is 5.28. The molecule has 0 amide bonds. The van der Waals surface area contributed by atoms with Gasteiger partial charge in [0, 0.05) is 11.0 Å². The molecule has 2 rings (SSSR count). The van der Waals surface area contributed by atoms with Crippen molar-refractivity contribution in [3.05, 3.63) is 33.8 Å². The van der Waals surface area contributed by atoms with Gasteiger partial charge in [-0.15, -0.1) is 0 Å². The average molecular weight is 326 g/mol. The molecule has 0 saturated heterocycles. The Balaban J connectivity index is 1.85. The summed E-state index contributed by atoms with van der Waals surface area (Å²) < 4.78 is 7.19. The lowest BCUT2D eigenvalue weighted by Crippen LogP contribution is -2.16. The molecule has 0 heterocycles. The summed E-state index contributed by atoms with van der Waals surface area (Å²) in [5.74, 6) is 0. The van der Waals surface area contributed by atoms with Gasteiger partial charge in [0.25, 0.3) is 0 Å². The van der Waals surface area contributed by atoms with Crippen molar-refractivity contribution >= 4 is 15.9 Å². The Bertz CT molecular complexity index is 388. The van der Waals surface area contributed by atoms with Crippen molar-refractivity contribution in [3.8, 4) is 0 Å². The lowest BCUT2D eigenvalue weighted by atomic mass is 9.98. The van der Waals surface area contributed by atoms with Gasteiger partial charge in [0.15, 0.2) is 0 Å². The van der Waals surface area contributed by atoms with E-state index in [2.05, 4.69) is 46.4 Å². The fourth-order valence-electron chi connectivity index (χ4n) is 2.53. The summed E-state index contributed by atoms with van der Waals surface area (Å²) in [5, 5.41) is 3.34. The molecule has 1 aliphatic carbocycles. The molecule has 1 N–H and O–H groups in total. The van der Waals surface area contributed by atoms with Crippen molar-refractivity contribution in [2.24, 2.45) is 0 Å². The third kappa shape index (κ3) is 4.90. The van der Waals surface area contributed by atoms with Crippen LogP contribution in [0.25, 0.3) is 0 Å². The van der Waals surface area contributed by atoms with E-state index in [4.69, 9.17) is 4.74 Å². The van der Waals surface area contributed by atoms with E-state index in [9.17, 15) is 0 Å². The summed E-state index contributed by atoms with van der Waals surface area (Å²) >= 11 is 3.66. The Kier molecular flexibility index (Phi) is 6.35. The zero-order chi connectivity index (χ0) is 13.5. The van der Waals surface area contributed by atoms with Crippen LogP contribution >= 0.6 is 15.9 Å². The predicted octanol–water partition coefficient (Wildman–Crippen LogP) is 4.41. The van der Waals surface area contributed by atoms with Crippen LogP contribution in [0.15, 0.2) is 22.7 Å². The summed E-state index contributed by atoms with van der Waals surface area (Å²) in [5.41, 5.74) is 2.57. The van der Waals surface area contributed by atoms with Crippen LogP contribution in [0, 0.1) is 0 Å². The molecular weight excluding hydrogens is 302 g/mol. The Morgan fingerprint density at radius 3 is 2.74 bits per heavy atom. The van der Waals surface area contributed by atoms with Gasteiger partial charge in [-0.05, 0) is 36.6 Å². The van der Waals surface area contributed by atoms with E-state index < -0.39 is 0 Å². The second-order valence-corrected chi connectivity index (χ2v) is 6.13. The fourth-order valence-corrected chi connectivity index (χ4v) is 3.07. The van der Waals surface area contributed by atoms with E-state index in [0.29, 0.717) is 6.10 Å². The van der Waals surface area contributed by atoms with E-state index in [0.717, 1.165) is 19.7 Å². The molecule has 1 aromatic carbocycles. The van der Waals surface area contributed by atoms with Crippen LogP contribution in [0.4, 0.5) is 0 Å². The number of hydrogen-bond acceptors (Lipinski definition) is 2. The SMILES string of the molecule is CCNCc1ccc(COC2CCCCC2)c(Br)c1. The summed E-state index contributed by atoms with van der Waals surface area (Å²) in [7, 11) is 0. The standard InChI is InChI=1S/C16H24BrNO/c1-2-18-11-13-8-9-14(16(17)10-13)12-19-15-6-4-3-5-7-15/h8-10,15,18H,2-7,11-12H2,1H3. The molecule has 1 aromatic rings. The topological polar surface area (TPSA) is 21.3 Å². The molecule has 0 radical (unpaired) electrons. The van der Waals surface area contributed by atoms with Crippen molar-refractivity contribution in [1.29, 1.82) is 0 Å². The molecule has 2 nitrogen and oxygen atoms in total. The molecule has 19 heavy (non-hydrogen) atoms. The molecule has 3 heteroatoms. The van der Waals surface area contributed by atoms with Gasteiger partial charge in [-0.25, -0.2) is 0 Å². The molecule has 0 unspecified atom stereocenters. The third-order valence-electron chi connectivity index (χ3n) is 3.72. The van der Waals surface area contributed by atoms with Crippen molar-refractivity contribution < 1.29 is 4.74 Å². The zero-order valence-corrected chi connectivity index (χ0v) is 13.3. The maximum Gasteiger partial charge on any atom is 0.0731 e. The van der Waals surface area contributed by atoms with Crippen LogP contribution in [0.3, 0.4) is 0 Å². The van der Waals surface area contributed by atoms with Gasteiger partial charge in [-0.1, -0.05) is 54.2 Å². The molecule has 0 atom stereocenters. The number of rotatable bonds is 6. The van der Waals surface area contributed by atoms with Crippen LogP contribution in [-0.2, 0) is 17.9 Å². The number of ether oxygens (including phenoxy) is 1.